The van der Waals surface area contributed by atoms with E-state index in [-0.39, 0.29) is 18.0 Å². The van der Waals surface area contributed by atoms with Gasteiger partial charge >= 0.3 is 0 Å². The molecule has 21 heavy (non-hydrogen) atoms. The van der Waals surface area contributed by atoms with Crippen LogP contribution in [0.1, 0.15) is 45.7 Å². The fraction of sp³-hybridized carbons (Fsp3) is 0.588. The van der Waals surface area contributed by atoms with Gasteiger partial charge in [-0.05, 0) is 51.8 Å². The normalized spacial score (nSPS) is 18.9. The minimum Gasteiger partial charge on any atom is -0.337 e. The smallest absolute Gasteiger partial charge is 0.237 e. The van der Waals surface area contributed by atoms with Crippen LogP contribution in [0.15, 0.2) is 24.3 Å². The van der Waals surface area contributed by atoms with Crippen LogP contribution in [-0.4, -0.2) is 40.9 Å². The summed E-state index contributed by atoms with van der Waals surface area (Å²) in [5.74, 6) is 0.221. The molecule has 1 aliphatic rings. The molecule has 4 heteroatoms. The molecule has 0 spiro atoms. The van der Waals surface area contributed by atoms with Gasteiger partial charge in [0.25, 0.3) is 0 Å². The standard InChI is InChI=1S/C17H25ClN2O/c1-12(2)20(13(3)4)17(21)11-19-10-9-16(19)14-5-7-15(18)8-6-14/h5-8,12-13,16H,9-11H2,1-4H3/t16-/m0/s1. The first-order chi connectivity index (χ1) is 9.90. The number of halogens is 1. The van der Waals surface area contributed by atoms with Gasteiger partial charge in [-0.3, -0.25) is 9.69 Å². The maximum Gasteiger partial charge on any atom is 0.237 e. The van der Waals surface area contributed by atoms with Crippen LogP contribution in [0.2, 0.25) is 5.02 Å². The Morgan fingerprint density at radius 1 is 1.24 bits per heavy atom. The minimum atomic E-state index is 0.221. The molecule has 0 aromatic heterocycles. The van der Waals surface area contributed by atoms with E-state index in [0.717, 1.165) is 18.0 Å². The zero-order chi connectivity index (χ0) is 15.6. The fourth-order valence-corrected chi connectivity index (χ4v) is 3.25. The lowest BCUT2D eigenvalue weighted by atomic mass is 9.94. The number of carbonyl (C=O) groups excluding carboxylic acids is 1. The monoisotopic (exact) mass is 308 g/mol. The Kier molecular flexibility index (Phi) is 5.28. The SMILES string of the molecule is CC(C)N(C(=O)CN1CC[C@H]1c1ccc(Cl)cc1)C(C)C. The van der Waals surface area contributed by atoms with Crippen molar-refractivity contribution in [2.24, 2.45) is 0 Å². The number of hydrogen-bond donors (Lipinski definition) is 0. The first-order valence-corrected chi connectivity index (χ1v) is 8.08. The number of nitrogens with zero attached hydrogens (tertiary/aromatic N) is 2. The van der Waals surface area contributed by atoms with Crippen LogP contribution in [0, 0.1) is 0 Å². The van der Waals surface area contributed by atoms with E-state index in [0.29, 0.717) is 12.6 Å². The van der Waals surface area contributed by atoms with E-state index in [1.165, 1.54) is 5.56 Å². The van der Waals surface area contributed by atoms with Crippen molar-refractivity contribution in [3.8, 4) is 0 Å². The van der Waals surface area contributed by atoms with Crippen molar-refractivity contribution < 1.29 is 4.79 Å². The van der Waals surface area contributed by atoms with Gasteiger partial charge in [0.05, 0.1) is 6.54 Å². The highest BCUT2D eigenvalue weighted by atomic mass is 35.5. The number of benzene rings is 1. The second-order valence-corrected chi connectivity index (χ2v) is 6.75. The van der Waals surface area contributed by atoms with Gasteiger partial charge in [0.1, 0.15) is 0 Å². The third-order valence-corrected chi connectivity index (χ3v) is 4.38. The van der Waals surface area contributed by atoms with Crippen molar-refractivity contribution in [2.75, 3.05) is 13.1 Å². The topological polar surface area (TPSA) is 23.6 Å². The van der Waals surface area contributed by atoms with Crippen molar-refractivity contribution in [1.29, 1.82) is 0 Å². The second kappa shape index (κ2) is 6.80. The molecule has 1 heterocycles. The molecule has 0 unspecified atom stereocenters. The molecule has 1 aromatic carbocycles. The number of likely N-dealkylation sites (tertiary alicyclic amines) is 1. The predicted octanol–water partition coefficient (Wildman–Crippen LogP) is 3.73. The molecule has 1 atom stereocenters. The van der Waals surface area contributed by atoms with Gasteiger partial charge in [-0.15, -0.1) is 0 Å². The average molecular weight is 309 g/mol. The van der Waals surface area contributed by atoms with Crippen molar-refractivity contribution in [2.45, 2.75) is 52.2 Å². The molecule has 0 saturated carbocycles. The van der Waals surface area contributed by atoms with Crippen molar-refractivity contribution >= 4 is 17.5 Å². The average Bonchev–Trinajstić information content (AvgIpc) is 2.36. The van der Waals surface area contributed by atoms with Crippen molar-refractivity contribution in [1.82, 2.24) is 9.80 Å². The predicted molar refractivity (Wildman–Crippen MR) is 87.5 cm³/mol. The molecule has 1 saturated heterocycles. The summed E-state index contributed by atoms with van der Waals surface area (Å²) in [4.78, 5) is 16.7. The summed E-state index contributed by atoms with van der Waals surface area (Å²) >= 11 is 5.94. The highest BCUT2D eigenvalue weighted by Gasteiger charge is 2.32. The summed E-state index contributed by atoms with van der Waals surface area (Å²) in [7, 11) is 0. The van der Waals surface area contributed by atoms with E-state index < -0.39 is 0 Å². The second-order valence-electron chi connectivity index (χ2n) is 6.32. The molecule has 0 radical (unpaired) electrons. The molecular weight excluding hydrogens is 284 g/mol. The van der Waals surface area contributed by atoms with Crippen LogP contribution in [0.4, 0.5) is 0 Å². The molecule has 1 aromatic rings. The van der Waals surface area contributed by atoms with Crippen LogP contribution in [0.5, 0.6) is 0 Å². The summed E-state index contributed by atoms with van der Waals surface area (Å²) in [5.41, 5.74) is 1.25. The van der Waals surface area contributed by atoms with Gasteiger partial charge in [0.2, 0.25) is 5.91 Å². The Bertz CT molecular complexity index is 476. The number of rotatable bonds is 5. The molecule has 116 valence electrons. The zero-order valence-electron chi connectivity index (χ0n) is 13.3. The number of hydrogen-bond acceptors (Lipinski definition) is 2. The zero-order valence-corrected chi connectivity index (χ0v) is 14.1. The van der Waals surface area contributed by atoms with Gasteiger partial charge in [-0.2, -0.15) is 0 Å². The van der Waals surface area contributed by atoms with Crippen molar-refractivity contribution in [3.05, 3.63) is 34.9 Å². The molecule has 1 aliphatic heterocycles. The minimum absolute atomic E-state index is 0.221. The third-order valence-electron chi connectivity index (χ3n) is 4.12. The van der Waals surface area contributed by atoms with Crippen LogP contribution in [0.3, 0.4) is 0 Å². The number of carbonyl (C=O) groups is 1. The summed E-state index contributed by atoms with van der Waals surface area (Å²) in [6.45, 7) is 9.79. The van der Waals surface area contributed by atoms with Gasteiger partial charge in [0.15, 0.2) is 0 Å². The van der Waals surface area contributed by atoms with Gasteiger partial charge in [-0.1, -0.05) is 23.7 Å². The van der Waals surface area contributed by atoms with E-state index in [2.05, 4.69) is 44.7 Å². The molecule has 3 nitrogen and oxygen atoms in total. The molecular formula is C17H25ClN2O. The lowest BCUT2D eigenvalue weighted by Gasteiger charge is -2.42. The van der Waals surface area contributed by atoms with Crippen molar-refractivity contribution in [3.63, 3.8) is 0 Å². The number of amides is 1. The Labute approximate surface area is 132 Å². The van der Waals surface area contributed by atoms with Crippen LogP contribution < -0.4 is 0 Å². The molecule has 0 aliphatic carbocycles. The maximum atomic E-state index is 12.5. The summed E-state index contributed by atoms with van der Waals surface area (Å²) < 4.78 is 0. The van der Waals surface area contributed by atoms with Gasteiger partial charge in [0, 0.05) is 29.7 Å². The van der Waals surface area contributed by atoms with Gasteiger partial charge in [-0.25, -0.2) is 0 Å². The van der Waals surface area contributed by atoms with Gasteiger partial charge < -0.3 is 4.90 Å². The largest absolute Gasteiger partial charge is 0.337 e. The summed E-state index contributed by atoms with van der Waals surface area (Å²) in [6.07, 6.45) is 1.11. The molecule has 2 rings (SSSR count). The Morgan fingerprint density at radius 3 is 2.24 bits per heavy atom. The lowest BCUT2D eigenvalue weighted by Crippen LogP contribution is -2.51. The van der Waals surface area contributed by atoms with E-state index in [1.54, 1.807) is 0 Å². The van der Waals surface area contributed by atoms with Crippen LogP contribution in [-0.2, 0) is 4.79 Å². The first-order valence-electron chi connectivity index (χ1n) is 7.71. The van der Waals surface area contributed by atoms with E-state index >= 15 is 0 Å². The Hall–Kier alpha value is -1.06. The molecule has 0 bridgehead atoms. The third kappa shape index (κ3) is 3.78. The highest BCUT2D eigenvalue weighted by molar-refractivity contribution is 6.30. The fourth-order valence-electron chi connectivity index (χ4n) is 3.12. The quantitative estimate of drug-likeness (QED) is 0.827. The highest BCUT2D eigenvalue weighted by Crippen LogP contribution is 2.33. The lowest BCUT2D eigenvalue weighted by molar-refractivity contribution is -0.138. The van der Waals surface area contributed by atoms with E-state index in [9.17, 15) is 4.79 Å². The van der Waals surface area contributed by atoms with E-state index in [4.69, 9.17) is 11.6 Å². The summed E-state index contributed by atoms with van der Waals surface area (Å²) in [5, 5.41) is 0.756. The van der Waals surface area contributed by atoms with E-state index in [1.807, 2.05) is 17.0 Å². The summed E-state index contributed by atoms with van der Waals surface area (Å²) in [6, 6.07) is 8.81. The molecule has 1 fully saturated rings. The van der Waals surface area contributed by atoms with Crippen LogP contribution >= 0.6 is 11.6 Å². The Balaban J connectivity index is 2.00. The molecule has 1 amide bonds. The maximum absolute atomic E-state index is 12.5. The first kappa shape index (κ1) is 16.3. The van der Waals surface area contributed by atoms with Crippen LogP contribution in [0.25, 0.3) is 0 Å². The molecule has 0 N–H and O–H groups in total. The Morgan fingerprint density at radius 2 is 1.81 bits per heavy atom.